The Morgan fingerprint density at radius 1 is 1.06 bits per heavy atom. The summed E-state index contributed by atoms with van der Waals surface area (Å²) in [7, 11) is 0. The normalized spacial score (nSPS) is 8.94. The van der Waals surface area contributed by atoms with Crippen LogP contribution in [0.3, 0.4) is 0 Å². The number of unbranched alkanes of at least 4 members (excludes halogenated alkanes) is 5. The number of carboxylic acids is 1. The Balaban J connectivity index is 3.32. The zero-order chi connectivity index (χ0) is 13.5. The van der Waals surface area contributed by atoms with Crippen molar-refractivity contribution in [2.45, 2.75) is 51.9 Å². The first kappa shape index (κ1) is 16.9. The molecular weight excluding hydrogens is 244 g/mol. The molecule has 1 N–H and O–H groups in total. The summed E-state index contributed by atoms with van der Waals surface area (Å²) < 4.78 is 0. The number of carbonyl (C=O) groups is 1. The molecule has 0 aliphatic heterocycles. The Kier molecular flexibility index (Phi) is 13.2. The van der Waals surface area contributed by atoms with Crippen LogP contribution < -0.4 is 0 Å². The van der Waals surface area contributed by atoms with Crippen LogP contribution in [0.15, 0.2) is 0 Å². The summed E-state index contributed by atoms with van der Waals surface area (Å²) in [5.41, 5.74) is 0. The van der Waals surface area contributed by atoms with E-state index in [9.17, 15) is 4.79 Å². The Bertz CT molecular complexity index is 328. The van der Waals surface area contributed by atoms with Crippen molar-refractivity contribution >= 4 is 17.7 Å². The van der Waals surface area contributed by atoms with Gasteiger partial charge in [-0.25, -0.2) is 0 Å². The highest BCUT2D eigenvalue weighted by molar-refractivity contribution is 8.00. The lowest BCUT2D eigenvalue weighted by molar-refractivity contribution is -0.133. The molecule has 0 atom stereocenters. The molecule has 0 heterocycles. The fourth-order valence-corrected chi connectivity index (χ4v) is 1.80. The van der Waals surface area contributed by atoms with Crippen LogP contribution in [0.2, 0.25) is 0 Å². The maximum atomic E-state index is 10.2. The summed E-state index contributed by atoms with van der Waals surface area (Å²) in [6, 6.07) is 0. The van der Waals surface area contributed by atoms with E-state index in [1.807, 2.05) is 0 Å². The van der Waals surface area contributed by atoms with E-state index in [0.29, 0.717) is 12.2 Å². The van der Waals surface area contributed by atoms with Crippen molar-refractivity contribution in [1.29, 1.82) is 0 Å². The first-order valence-electron chi connectivity index (χ1n) is 6.48. The molecule has 0 spiro atoms. The molecule has 0 aromatic carbocycles. The van der Waals surface area contributed by atoms with E-state index >= 15 is 0 Å². The van der Waals surface area contributed by atoms with Crippen LogP contribution in [0.25, 0.3) is 0 Å². The highest BCUT2D eigenvalue weighted by Crippen LogP contribution is 2.03. The minimum Gasteiger partial charge on any atom is -0.481 e. The quantitative estimate of drug-likeness (QED) is 0.539. The van der Waals surface area contributed by atoms with Gasteiger partial charge < -0.3 is 5.11 Å². The highest BCUT2D eigenvalue weighted by Gasteiger charge is 1.92. The molecular formula is C15H22O2S. The fraction of sp³-hybridized carbons (Fsp3) is 0.667. The van der Waals surface area contributed by atoms with Gasteiger partial charge in [-0.1, -0.05) is 50.4 Å². The molecule has 0 radical (unpaired) electrons. The Morgan fingerprint density at radius 2 is 1.78 bits per heavy atom. The maximum absolute atomic E-state index is 10.2. The van der Waals surface area contributed by atoms with Crippen LogP contribution in [0, 0.1) is 23.7 Å². The molecule has 0 aromatic heterocycles. The molecule has 3 heteroatoms. The minimum atomic E-state index is -0.787. The zero-order valence-electron chi connectivity index (χ0n) is 11.1. The van der Waals surface area contributed by atoms with Gasteiger partial charge in [0.15, 0.2) is 0 Å². The predicted molar refractivity (Wildman–Crippen MR) is 78.5 cm³/mol. The molecule has 0 fully saturated rings. The summed E-state index contributed by atoms with van der Waals surface area (Å²) >= 11 is 1.32. The van der Waals surface area contributed by atoms with Gasteiger partial charge in [0.25, 0.3) is 0 Å². The van der Waals surface area contributed by atoms with Gasteiger partial charge in [0.05, 0.1) is 17.9 Å². The van der Waals surface area contributed by atoms with Crippen molar-refractivity contribution in [2.24, 2.45) is 0 Å². The van der Waals surface area contributed by atoms with E-state index in [-0.39, 0.29) is 5.75 Å². The van der Waals surface area contributed by atoms with E-state index in [2.05, 4.69) is 30.6 Å². The van der Waals surface area contributed by atoms with Gasteiger partial charge in [-0.3, -0.25) is 4.79 Å². The first-order chi connectivity index (χ1) is 8.77. The molecule has 0 aliphatic carbocycles. The average molecular weight is 266 g/mol. The summed E-state index contributed by atoms with van der Waals surface area (Å²) in [5.74, 6) is 11.9. The van der Waals surface area contributed by atoms with Crippen molar-refractivity contribution in [2.75, 3.05) is 11.5 Å². The molecule has 0 aliphatic rings. The second-order valence-electron chi connectivity index (χ2n) is 3.93. The van der Waals surface area contributed by atoms with Crippen LogP contribution in [-0.2, 0) is 4.79 Å². The largest absolute Gasteiger partial charge is 0.481 e. The van der Waals surface area contributed by atoms with Gasteiger partial charge >= 0.3 is 5.97 Å². The molecule has 0 saturated carbocycles. The van der Waals surface area contributed by atoms with Crippen molar-refractivity contribution in [3.05, 3.63) is 0 Å². The number of rotatable bonds is 8. The summed E-state index contributed by atoms with van der Waals surface area (Å²) in [6.07, 6.45) is 7.96. The Labute approximate surface area is 115 Å². The van der Waals surface area contributed by atoms with Crippen molar-refractivity contribution in [3.63, 3.8) is 0 Å². The van der Waals surface area contributed by atoms with Gasteiger partial charge in [-0.2, -0.15) is 0 Å². The predicted octanol–water partition coefficient (Wildman–Crippen LogP) is 3.56. The number of thioether (sulfide) groups is 1. The number of aliphatic carboxylic acids is 1. The van der Waals surface area contributed by atoms with E-state index in [1.54, 1.807) is 0 Å². The molecule has 0 bridgehead atoms. The van der Waals surface area contributed by atoms with Gasteiger partial charge in [-0.05, 0) is 6.42 Å². The van der Waals surface area contributed by atoms with Crippen LogP contribution in [0.4, 0.5) is 0 Å². The molecule has 0 amide bonds. The average Bonchev–Trinajstić information content (AvgIpc) is 2.34. The first-order valence-corrected chi connectivity index (χ1v) is 7.63. The third-order valence-corrected chi connectivity index (χ3v) is 3.03. The van der Waals surface area contributed by atoms with Crippen LogP contribution in [0.5, 0.6) is 0 Å². The zero-order valence-corrected chi connectivity index (χ0v) is 11.9. The SMILES string of the molecule is CCCCCCCC#CCC#CCSCC(=O)O. The van der Waals surface area contributed by atoms with E-state index < -0.39 is 5.97 Å². The molecule has 2 nitrogen and oxygen atoms in total. The smallest absolute Gasteiger partial charge is 0.313 e. The van der Waals surface area contributed by atoms with Crippen molar-refractivity contribution in [1.82, 2.24) is 0 Å². The molecule has 0 aromatic rings. The van der Waals surface area contributed by atoms with Crippen LogP contribution >= 0.6 is 11.8 Å². The molecule has 0 saturated heterocycles. The van der Waals surface area contributed by atoms with Gasteiger partial charge in [0, 0.05) is 6.42 Å². The Hall–Kier alpha value is -1.06. The lowest BCUT2D eigenvalue weighted by Gasteiger charge is -1.94. The maximum Gasteiger partial charge on any atom is 0.313 e. The third-order valence-electron chi connectivity index (χ3n) is 2.23. The van der Waals surface area contributed by atoms with Gasteiger partial charge in [0.1, 0.15) is 0 Å². The monoisotopic (exact) mass is 266 g/mol. The number of hydrogen-bond acceptors (Lipinski definition) is 2. The standard InChI is InChI=1S/C15H22O2S/c1-2-3-4-5-6-7-8-9-10-11-12-13-18-14-15(16)17/h2-7,10,13-14H2,1H3,(H,16,17). The van der Waals surface area contributed by atoms with E-state index in [4.69, 9.17) is 5.11 Å². The topological polar surface area (TPSA) is 37.3 Å². The summed E-state index contributed by atoms with van der Waals surface area (Å²) in [6.45, 7) is 2.22. The molecule has 0 unspecified atom stereocenters. The minimum absolute atomic E-state index is 0.123. The number of carboxylic acid groups (broad SMARTS) is 1. The summed E-state index contributed by atoms with van der Waals surface area (Å²) in [5, 5.41) is 8.40. The van der Waals surface area contributed by atoms with E-state index in [1.165, 1.54) is 43.9 Å². The van der Waals surface area contributed by atoms with Crippen LogP contribution in [0.1, 0.15) is 51.9 Å². The highest BCUT2D eigenvalue weighted by atomic mass is 32.2. The summed E-state index contributed by atoms with van der Waals surface area (Å²) in [4.78, 5) is 10.2. The molecule has 0 rings (SSSR count). The van der Waals surface area contributed by atoms with Crippen molar-refractivity contribution < 1.29 is 9.90 Å². The van der Waals surface area contributed by atoms with Crippen LogP contribution in [-0.4, -0.2) is 22.6 Å². The van der Waals surface area contributed by atoms with E-state index in [0.717, 1.165) is 6.42 Å². The van der Waals surface area contributed by atoms with Gasteiger partial charge in [0.2, 0.25) is 0 Å². The van der Waals surface area contributed by atoms with Gasteiger partial charge in [-0.15, -0.1) is 17.7 Å². The van der Waals surface area contributed by atoms with Crippen molar-refractivity contribution in [3.8, 4) is 23.7 Å². The second-order valence-corrected chi connectivity index (χ2v) is 4.92. The lowest BCUT2D eigenvalue weighted by atomic mass is 10.1. The fourth-order valence-electron chi connectivity index (χ4n) is 1.31. The lowest BCUT2D eigenvalue weighted by Crippen LogP contribution is -1.97. The number of hydrogen-bond donors (Lipinski definition) is 1. The third kappa shape index (κ3) is 14.9. The second kappa shape index (κ2) is 14.0. The molecule has 100 valence electrons. The molecule has 18 heavy (non-hydrogen) atoms. The Morgan fingerprint density at radius 3 is 2.50 bits per heavy atom.